The Morgan fingerprint density at radius 3 is 1.28 bits per heavy atom. The minimum Gasteiger partial charge on any atom is -0.465 e. The van der Waals surface area contributed by atoms with Crippen LogP contribution in [-0.4, -0.2) is 65.3 Å². The topological polar surface area (TPSA) is 148 Å². The van der Waals surface area contributed by atoms with E-state index in [-0.39, 0.29) is 47.5 Å². The molecule has 1 aromatic carbocycles. The van der Waals surface area contributed by atoms with E-state index < -0.39 is 36.9 Å². The van der Waals surface area contributed by atoms with Crippen LogP contribution in [0.2, 0.25) is 16.6 Å². The van der Waals surface area contributed by atoms with Crippen LogP contribution in [0.1, 0.15) is 47.1 Å². The Labute approximate surface area is 350 Å². The van der Waals surface area contributed by atoms with Crippen LogP contribution in [0, 0.1) is 57.1 Å². The average molecular weight is 862 g/mol. The molecule has 0 amide bonds. The van der Waals surface area contributed by atoms with Gasteiger partial charge in [-0.3, -0.25) is 10.1 Å². The van der Waals surface area contributed by atoms with Crippen LogP contribution in [0.5, 0.6) is 0 Å². The lowest BCUT2D eigenvalue weighted by molar-refractivity contribution is -0.384. The Bertz CT molecular complexity index is 2080. The lowest BCUT2D eigenvalue weighted by atomic mass is 10.1. The number of nitrogens with zero attached hydrogens (tertiary/aromatic N) is 1. The highest BCUT2D eigenvalue weighted by atomic mass is 32.2. The first-order valence-electron chi connectivity index (χ1n) is 17.0. The van der Waals surface area contributed by atoms with Gasteiger partial charge in [0.2, 0.25) is 0 Å². The highest BCUT2D eigenvalue weighted by Gasteiger charge is 2.42. The molecule has 0 atom stereocenters. The smallest absolute Gasteiger partial charge is 0.346 e. The molecule has 0 aromatic heterocycles. The number of rotatable bonds is 8. The van der Waals surface area contributed by atoms with Crippen LogP contribution in [0.15, 0.2) is 75.7 Å². The van der Waals surface area contributed by atoms with Crippen LogP contribution in [0.4, 0.5) is 5.69 Å². The van der Waals surface area contributed by atoms with Crippen LogP contribution >= 0.6 is 47.0 Å². The Balaban J connectivity index is 2.33. The third-order valence-electron chi connectivity index (χ3n) is 8.41. The fourth-order valence-electron chi connectivity index (χ4n) is 5.71. The van der Waals surface area contributed by atoms with Crippen molar-refractivity contribution in [2.45, 2.75) is 58.2 Å². The number of nitro groups is 1. The highest BCUT2D eigenvalue weighted by Crippen LogP contribution is 2.50. The maximum Gasteiger partial charge on any atom is 0.346 e. The number of allylic oxidation sites excluding steroid dienone is 4. The zero-order valence-electron chi connectivity index (χ0n) is 32.9. The predicted octanol–water partition coefficient (Wildman–Crippen LogP) is 8.23. The number of benzene rings is 1. The lowest BCUT2D eigenvalue weighted by Gasteiger charge is -2.38. The molecule has 0 radical (unpaired) electrons. The molecule has 2 aliphatic rings. The first-order valence-corrected chi connectivity index (χ1v) is 22.5. The van der Waals surface area contributed by atoms with Crippen LogP contribution < -0.4 is 0 Å². The Morgan fingerprint density at radius 1 is 0.614 bits per heavy atom. The lowest BCUT2D eigenvalue weighted by Crippen LogP contribution is -2.43. The zero-order chi connectivity index (χ0) is 42.4. The molecule has 0 fully saturated rings. The molecule has 3 rings (SSSR count). The van der Waals surface area contributed by atoms with Crippen molar-refractivity contribution in [3.63, 3.8) is 0 Å². The summed E-state index contributed by atoms with van der Waals surface area (Å²) >= 11 is 4.05. The average Bonchev–Trinajstić information content (AvgIpc) is 3.82. The van der Waals surface area contributed by atoms with Gasteiger partial charge >= 0.3 is 23.9 Å². The van der Waals surface area contributed by atoms with Gasteiger partial charge in [-0.2, -0.15) is 0 Å². The number of nitro benzene ring substituents is 1. The Hall–Kier alpha value is -4.94. The molecule has 2 heterocycles. The van der Waals surface area contributed by atoms with E-state index in [1.165, 1.54) is 64.9 Å². The number of hydrogen-bond acceptors (Lipinski definition) is 14. The molecular weight excluding hydrogens is 823 g/mol. The largest absolute Gasteiger partial charge is 0.465 e. The minimum absolute atomic E-state index is 0.0697. The third-order valence-corrected chi connectivity index (χ3v) is 19.5. The van der Waals surface area contributed by atoms with Crippen molar-refractivity contribution in [2.75, 3.05) is 28.4 Å². The predicted molar refractivity (Wildman–Crippen MR) is 230 cm³/mol. The summed E-state index contributed by atoms with van der Waals surface area (Å²) in [5.74, 6) is 18.9. The van der Waals surface area contributed by atoms with Crippen molar-refractivity contribution in [3.8, 4) is 47.0 Å². The van der Waals surface area contributed by atoms with Gasteiger partial charge in [0, 0.05) is 29.8 Å². The van der Waals surface area contributed by atoms with Gasteiger partial charge in [0.25, 0.3) is 5.69 Å². The fourth-order valence-corrected chi connectivity index (χ4v) is 15.4. The molecule has 0 saturated carbocycles. The van der Waals surface area contributed by atoms with Crippen LogP contribution in [0.3, 0.4) is 0 Å². The summed E-state index contributed by atoms with van der Waals surface area (Å²) in [6, 6.07) is 5.79. The van der Waals surface area contributed by atoms with Crippen molar-refractivity contribution < 1.29 is 43.0 Å². The van der Waals surface area contributed by atoms with E-state index in [9.17, 15) is 29.3 Å². The standard InChI is InChI=1S/C41H39NO10S4Si/c1-25(2)57(26(3)4,27(5)6)24-23-30(20-17-28-18-21-31(22-19-28)42(47)48)29(13-11-15-32-53-34(38(43)49-7)35(54-32)39(44)50-8)14-12-16-33-55-36(40(45)51-9)37(56-33)41(46)52-10/h15-16,18-19,21-22,25-27H,1-10H3. The first-order chi connectivity index (χ1) is 27.0. The number of thioether (sulfide) groups is 4. The van der Waals surface area contributed by atoms with E-state index in [0.29, 0.717) is 19.6 Å². The van der Waals surface area contributed by atoms with Crippen molar-refractivity contribution in [3.05, 3.63) is 91.3 Å². The molecule has 0 spiro atoms. The van der Waals surface area contributed by atoms with Gasteiger partial charge in [0.1, 0.15) is 27.7 Å². The monoisotopic (exact) mass is 861 g/mol. The van der Waals surface area contributed by atoms with Crippen LogP contribution in [-0.2, 0) is 38.1 Å². The second-order valence-corrected chi connectivity index (χ2v) is 22.9. The molecule has 0 saturated heterocycles. The molecule has 16 heteroatoms. The molecule has 0 N–H and O–H groups in total. The summed E-state index contributed by atoms with van der Waals surface area (Å²) in [6.07, 6.45) is 3.05. The first kappa shape index (κ1) is 46.4. The van der Waals surface area contributed by atoms with E-state index in [1.54, 1.807) is 0 Å². The summed E-state index contributed by atoms with van der Waals surface area (Å²) < 4.78 is 20.4. The summed E-state index contributed by atoms with van der Waals surface area (Å²) in [6.45, 7) is 13.1. The van der Waals surface area contributed by atoms with Crippen molar-refractivity contribution in [1.29, 1.82) is 0 Å². The van der Waals surface area contributed by atoms with Gasteiger partial charge in [-0.15, -0.1) is 5.54 Å². The number of carbonyl (C=O) groups excluding carboxylic acids is 4. The molecule has 11 nitrogen and oxygen atoms in total. The SMILES string of the molecule is COC(=O)C1=C(C(=O)OC)SC(=CC#CC(C#CC=C2SC(C(=O)OC)=C(C(=O)OC)S2)=C(C#Cc2ccc([N+](=O)[O-])cc2)C#C[Si](C(C)C)(C(C)C)C(C)C)S1. The number of ether oxygens (including phenoxy) is 4. The number of non-ortho nitro benzene ring substituents is 1. The van der Waals surface area contributed by atoms with E-state index in [1.807, 2.05) is 0 Å². The normalized spacial score (nSPS) is 13.3. The number of esters is 4. The fraction of sp³-hybridized carbons (Fsp3) is 0.317. The molecule has 1 aromatic rings. The quantitative estimate of drug-likeness (QED) is 0.0617. The summed E-state index contributed by atoms with van der Waals surface area (Å²) in [4.78, 5) is 60.8. The molecule has 296 valence electrons. The van der Waals surface area contributed by atoms with E-state index in [2.05, 4.69) is 88.5 Å². The van der Waals surface area contributed by atoms with Crippen LogP contribution in [0.25, 0.3) is 0 Å². The molecule has 57 heavy (non-hydrogen) atoms. The molecular formula is C41H39NO10S4Si. The number of hydrogen-bond donors (Lipinski definition) is 0. The maximum absolute atomic E-state index is 12.4. The zero-order valence-corrected chi connectivity index (χ0v) is 37.1. The second kappa shape index (κ2) is 21.5. The number of methoxy groups -OCH3 is 4. The van der Waals surface area contributed by atoms with Crippen molar-refractivity contribution >= 4 is 84.7 Å². The highest BCUT2D eigenvalue weighted by molar-refractivity contribution is 8.29. The molecule has 0 aliphatic carbocycles. The second-order valence-electron chi connectivity index (χ2n) is 12.6. The molecule has 2 aliphatic heterocycles. The molecule has 0 bridgehead atoms. The Morgan fingerprint density at radius 2 is 0.965 bits per heavy atom. The van der Waals surface area contributed by atoms with Gasteiger partial charge < -0.3 is 18.9 Å². The van der Waals surface area contributed by atoms with Gasteiger partial charge in [-0.25, -0.2) is 19.2 Å². The van der Waals surface area contributed by atoms with Crippen molar-refractivity contribution in [2.24, 2.45) is 0 Å². The minimum atomic E-state index is -2.32. The van der Waals surface area contributed by atoms with Gasteiger partial charge in [0.15, 0.2) is 0 Å². The van der Waals surface area contributed by atoms with E-state index in [0.717, 1.165) is 47.0 Å². The van der Waals surface area contributed by atoms with Crippen molar-refractivity contribution in [1.82, 2.24) is 0 Å². The molecule has 0 unspecified atom stereocenters. The van der Waals surface area contributed by atoms with E-state index >= 15 is 0 Å². The summed E-state index contributed by atoms with van der Waals surface area (Å²) in [5, 5.41) is 11.3. The van der Waals surface area contributed by atoms with Gasteiger partial charge in [-0.1, -0.05) is 130 Å². The summed E-state index contributed by atoms with van der Waals surface area (Å²) in [7, 11) is 2.53. The summed E-state index contributed by atoms with van der Waals surface area (Å²) in [5.41, 5.74) is 5.49. The number of carbonyl (C=O) groups is 4. The maximum atomic E-state index is 12.4. The van der Waals surface area contributed by atoms with Gasteiger partial charge in [0.05, 0.1) is 53.0 Å². The van der Waals surface area contributed by atoms with Gasteiger partial charge in [-0.05, 0) is 28.8 Å². The third kappa shape index (κ3) is 11.8. The van der Waals surface area contributed by atoms with E-state index in [4.69, 9.17) is 18.9 Å². The Kier molecular flexibility index (Phi) is 17.6.